The van der Waals surface area contributed by atoms with Crippen molar-refractivity contribution in [3.63, 3.8) is 0 Å². The largest absolute Gasteiger partial charge is 0.478 e. The van der Waals surface area contributed by atoms with Crippen LogP contribution in [0.4, 0.5) is 5.82 Å². The molecule has 1 fully saturated rings. The molecule has 2 aliphatic carbocycles. The van der Waals surface area contributed by atoms with Crippen LogP contribution in [0.2, 0.25) is 0 Å². The number of nitrogens with zero attached hydrogens (tertiary/aromatic N) is 1. The molecule has 5 heteroatoms. The number of aromatic carboxylic acids is 1. The molecule has 3 rings (SSSR count). The molecule has 1 aromatic rings. The molecule has 1 aromatic heterocycles. The molecule has 0 bridgehead atoms. The topological polar surface area (TPSA) is 82.5 Å². The Hall–Kier alpha value is -1.62. The second-order valence-corrected chi connectivity index (χ2v) is 6.13. The lowest BCUT2D eigenvalue weighted by Gasteiger charge is -2.23. The van der Waals surface area contributed by atoms with Gasteiger partial charge >= 0.3 is 5.97 Å². The Labute approximate surface area is 124 Å². The lowest BCUT2D eigenvalue weighted by Crippen LogP contribution is -2.28. The molecule has 5 nitrogen and oxygen atoms in total. The Kier molecular flexibility index (Phi) is 4.10. The number of aromatic nitrogens is 1. The molecule has 0 amide bonds. The number of aryl methyl sites for hydroxylation is 2. The Morgan fingerprint density at radius 3 is 2.86 bits per heavy atom. The number of carboxylic acid groups (broad SMARTS) is 1. The van der Waals surface area contributed by atoms with Crippen molar-refractivity contribution in [2.75, 3.05) is 11.9 Å². The van der Waals surface area contributed by atoms with Gasteiger partial charge < -0.3 is 15.5 Å². The normalized spacial score (nSPS) is 24.6. The molecule has 114 valence electrons. The third-order valence-electron chi connectivity index (χ3n) is 4.75. The molecular formula is C16H22N2O3. The van der Waals surface area contributed by atoms with E-state index in [1.807, 2.05) is 0 Å². The number of fused-ring (bicyclic) bond motifs is 1. The van der Waals surface area contributed by atoms with E-state index in [1.165, 1.54) is 0 Å². The predicted octanol–water partition coefficient (Wildman–Crippen LogP) is 2.23. The fourth-order valence-electron chi connectivity index (χ4n) is 3.53. The molecule has 21 heavy (non-hydrogen) atoms. The number of hydrogen-bond acceptors (Lipinski definition) is 4. The molecule has 2 atom stereocenters. The third-order valence-corrected chi connectivity index (χ3v) is 4.75. The van der Waals surface area contributed by atoms with Crippen LogP contribution in [0, 0.1) is 5.92 Å². The number of pyridine rings is 1. The van der Waals surface area contributed by atoms with Crippen molar-refractivity contribution in [1.82, 2.24) is 4.98 Å². The maximum absolute atomic E-state index is 11.5. The maximum atomic E-state index is 11.5. The van der Waals surface area contributed by atoms with Gasteiger partial charge in [0.25, 0.3) is 0 Å². The van der Waals surface area contributed by atoms with E-state index >= 15 is 0 Å². The average molecular weight is 290 g/mol. The first-order chi connectivity index (χ1) is 10.2. The molecule has 2 aliphatic rings. The smallest absolute Gasteiger partial charge is 0.339 e. The van der Waals surface area contributed by atoms with Gasteiger partial charge in [0.05, 0.1) is 0 Å². The highest BCUT2D eigenvalue weighted by Crippen LogP contribution is 2.30. The SMILES string of the molecule is O=C(O)c1cc2c(nc1NC1CCCC1CO)CCCC2. The number of hydrogen-bond donors (Lipinski definition) is 3. The zero-order chi connectivity index (χ0) is 14.8. The Bertz CT molecular complexity index is 545. The molecule has 3 N–H and O–H groups in total. The van der Waals surface area contributed by atoms with Crippen LogP contribution in [-0.4, -0.2) is 33.8 Å². The first-order valence-corrected chi connectivity index (χ1v) is 7.82. The van der Waals surface area contributed by atoms with Crippen LogP contribution in [0.15, 0.2) is 6.07 Å². The monoisotopic (exact) mass is 290 g/mol. The van der Waals surface area contributed by atoms with Gasteiger partial charge in [-0.05, 0) is 50.2 Å². The summed E-state index contributed by atoms with van der Waals surface area (Å²) < 4.78 is 0. The summed E-state index contributed by atoms with van der Waals surface area (Å²) in [6.45, 7) is 0.144. The minimum Gasteiger partial charge on any atom is -0.478 e. The van der Waals surface area contributed by atoms with E-state index in [9.17, 15) is 15.0 Å². The minimum absolute atomic E-state index is 0.127. The maximum Gasteiger partial charge on any atom is 0.339 e. The van der Waals surface area contributed by atoms with Gasteiger partial charge in [0.2, 0.25) is 0 Å². The van der Waals surface area contributed by atoms with Crippen LogP contribution in [-0.2, 0) is 12.8 Å². The molecule has 0 aromatic carbocycles. The summed E-state index contributed by atoms with van der Waals surface area (Å²) >= 11 is 0. The fraction of sp³-hybridized carbons (Fsp3) is 0.625. The van der Waals surface area contributed by atoms with Gasteiger partial charge in [-0.3, -0.25) is 0 Å². The molecule has 1 saturated carbocycles. The van der Waals surface area contributed by atoms with Crippen molar-refractivity contribution in [3.8, 4) is 0 Å². The lowest BCUT2D eigenvalue weighted by molar-refractivity contribution is 0.0697. The van der Waals surface area contributed by atoms with E-state index in [0.717, 1.165) is 56.2 Å². The van der Waals surface area contributed by atoms with Crippen LogP contribution in [0.25, 0.3) is 0 Å². The van der Waals surface area contributed by atoms with Gasteiger partial charge in [0.1, 0.15) is 11.4 Å². The lowest BCUT2D eigenvalue weighted by atomic mass is 9.94. The van der Waals surface area contributed by atoms with Crippen LogP contribution in [0.1, 0.15) is 53.7 Å². The second-order valence-electron chi connectivity index (χ2n) is 6.13. The van der Waals surface area contributed by atoms with E-state index < -0.39 is 5.97 Å². The highest BCUT2D eigenvalue weighted by molar-refractivity contribution is 5.93. The number of anilines is 1. The molecule has 0 aliphatic heterocycles. The number of aliphatic hydroxyl groups excluding tert-OH is 1. The van der Waals surface area contributed by atoms with Crippen molar-refractivity contribution < 1.29 is 15.0 Å². The summed E-state index contributed by atoms with van der Waals surface area (Å²) in [4.78, 5) is 16.1. The molecule has 1 heterocycles. The van der Waals surface area contributed by atoms with Crippen molar-refractivity contribution in [3.05, 3.63) is 22.9 Å². The van der Waals surface area contributed by atoms with E-state index in [1.54, 1.807) is 6.07 Å². The standard InChI is InChI=1S/C16H22N2O3/c19-9-11-5-3-7-14(11)18-15-12(16(20)21)8-10-4-1-2-6-13(10)17-15/h8,11,14,19H,1-7,9H2,(H,17,18)(H,20,21). The van der Waals surface area contributed by atoms with Crippen molar-refractivity contribution >= 4 is 11.8 Å². The first-order valence-electron chi connectivity index (χ1n) is 7.82. The molecule has 2 unspecified atom stereocenters. The third kappa shape index (κ3) is 2.88. The summed E-state index contributed by atoms with van der Waals surface area (Å²) in [6.07, 6.45) is 7.09. The summed E-state index contributed by atoms with van der Waals surface area (Å²) in [5.74, 6) is -0.255. The number of aliphatic hydroxyl groups is 1. The summed E-state index contributed by atoms with van der Waals surface area (Å²) in [5.41, 5.74) is 2.38. The fourth-order valence-corrected chi connectivity index (χ4v) is 3.53. The Morgan fingerprint density at radius 1 is 1.29 bits per heavy atom. The van der Waals surface area contributed by atoms with Crippen LogP contribution in [0.3, 0.4) is 0 Å². The van der Waals surface area contributed by atoms with Gasteiger partial charge in [0.15, 0.2) is 0 Å². The van der Waals surface area contributed by atoms with Gasteiger partial charge in [-0.15, -0.1) is 0 Å². The van der Waals surface area contributed by atoms with Gasteiger partial charge in [-0.2, -0.15) is 0 Å². The van der Waals surface area contributed by atoms with Crippen LogP contribution in [0.5, 0.6) is 0 Å². The number of carbonyl (C=O) groups is 1. The second kappa shape index (κ2) is 6.02. The highest BCUT2D eigenvalue weighted by atomic mass is 16.4. The summed E-state index contributed by atoms with van der Waals surface area (Å²) in [7, 11) is 0. The molecule has 0 spiro atoms. The molecular weight excluding hydrogens is 268 g/mol. The van der Waals surface area contributed by atoms with Gasteiger partial charge in [-0.25, -0.2) is 9.78 Å². The quantitative estimate of drug-likeness (QED) is 0.792. The van der Waals surface area contributed by atoms with Gasteiger partial charge in [0, 0.05) is 24.3 Å². The first kappa shape index (κ1) is 14.3. The average Bonchev–Trinajstić information content (AvgIpc) is 2.93. The van der Waals surface area contributed by atoms with E-state index in [-0.39, 0.29) is 24.1 Å². The minimum atomic E-state index is -0.933. The van der Waals surface area contributed by atoms with Crippen molar-refractivity contribution in [2.24, 2.45) is 5.92 Å². The van der Waals surface area contributed by atoms with Crippen molar-refractivity contribution in [2.45, 2.75) is 51.0 Å². The summed E-state index contributed by atoms with van der Waals surface area (Å²) in [6, 6.07) is 1.91. The van der Waals surface area contributed by atoms with E-state index in [4.69, 9.17) is 0 Å². The molecule has 0 radical (unpaired) electrons. The van der Waals surface area contributed by atoms with Gasteiger partial charge in [-0.1, -0.05) is 6.42 Å². The Morgan fingerprint density at radius 2 is 2.10 bits per heavy atom. The van der Waals surface area contributed by atoms with Crippen LogP contribution < -0.4 is 5.32 Å². The van der Waals surface area contributed by atoms with Crippen molar-refractivity contribution in [1.29, 1.82) is 0 Å². The zero-order valence-corrected chi connectivity index (χ0v) is 12.1. The van der Waals surface area contributed by atoms with E-state index in [0.29, 0.717) is 5.82 Å². The van der Waals surface area contributed by atoms with E-state index in [2.05, 4.69) is 10.3 Å². The highest BCUT2D eigenvalue weighted by Gasteiger charge is 2.28. The number of nitrogens with one attached hydrogen (secondary N) is 1. The number of carboxylic acids is 1. The predicted molar refractivity (Wildman–Crippen MR) is 79.7 cm³/mol. The number of rotatable bonds is 4. The summed E-state index contributed by atoms with van der Waals surface area (Å²) in [5, 5.41) is 22.1. The Balaban J connectivity index is 1.90. The molecule has 0 saturated heterocycles. The van der Waals surface area contributed by atoms with Crippen LogP contribution >= 0.6 is 0 Å². The zero-order valence-electron chi connectivity index (χ0n) is 12.1.